The summed E-state index contributed by atoms with van der Waals surface area (Å²) in [5.74, 6) is 0.0757. The molecule has 0 amide bonds. The molecule has 1 aromatic rings. The summed E-state index contributed by atoms with van der Waals surface area (Å²) in [6.45, 7) is 6.24. The molecular formula is C15H20O2. The molecule has 0 N–H and O–H groups in total. The van der Waals surface area contributed by atoms with Crippen LogP contribution in [0.25, 0.3) is 0 Å². The van der Waals surface area contributed by atoms with Crippen LogP contribution in [-0.2, 0) is 4.74 Å². The fourth-order valence-electron chi connectivity index (χ4n) is 1.62. The van der Waals surface area contributed by atoms with Crippen LogP contribution in [0.3, 0.4) is 0 Å². The Bertz CT molecular complexity index is 343. The molecule has 0 bridgehead atoms. The van der Waals surface area contributed by atoms with Crippen molar-refractivity contribution in [1.82, 2.24) is 0 Å². The normalized spacial score (nSPS) is 12.1. The van der Waals surface area contributed by atoms with Crippen molar-refractivity contribution in [3.63, 3.8) is 0 Å². The number of ether oxygens (including phenoxy) is 1. The van der Waals surface area contributed by atoms with Crippen LogP contribution in [0.15, 0.2) is 43.0 Å². The molecular weight excluding hydrogens is 212 g/mol. The monoisotopic (exact) mass is 232 g/mol. The molecule has 0 radical (unpaired) electrons. The highest BCUT2D eigenvalue weighted by atomic mass is 16.5. The van der Waals surface area contributed by atoms with E-state index in [4.69, 9.17) is 4.74 Å². The van der Waals surface area contributed by atoms with Gasteiger partial charge in [-0.15, -0.1) is 6.58 Å². The number of rotatable bonds is 8. The summed E-state index contributed by atoms with van der Waals surface area (Å²) in [4.78, 5) is 12.1. The van der Waals surface area contributed by atoms with Crippen LogP contribution >= 0.6 is 0 Å². The fourth-order valence-corrected chi connectivity index (χ4v) is 1.62. The lowest BCUT2D eigenvalue weighted by Crippen LogP contribution is -2.24. The Morgan fingerprint density at radius 3 is 2.71 bits per heavy atom. The summed E-state index contributed by atoms with van der Waals surface area (Å²) in [7, 11) is 0. The van der Waals surface area contributed by atoms with E-state index in [2.05, 4.69) is 6.58 Å². The van der Waals surface area contributed by atoms with Gasteiger partial charge in [-0.3, -0.25) is 4.79 Å². The third-order valence-corrected chi connectivity index (χ3v) is 2.59. The molecule has 1 aromatic carbocycles. The minimum Gasteiger partial charge on any atom is -0.370 e. The minimum absolute atomic E-state index is 0.0757. The number of ketones is 1. The summed E-state index contributed by atoms with van der Waals surface area (Å²) in [6, 6.07) is 9.31. The maximum absolute atomic E-state index is 12.1. The first-order valence-electron chi connectivity index (χ1n) is 6.11. The van der Waals surface area contributed by atoms with Gasteiger partial charge in [0.2, 0.25) is 0 Å². The number of allylic oxidation sites excluding steroid dienone is 1. The lowest BCUT2D eigenvalue weighted by Gasteiger charge is -2.14. The third-order valence-electron chi connectivity index (χ3n) is 2.59. The number of Topliss-reactive ketones (excluding diaryl/α,β-unsaturated/α-hetero) is 1. The van der Waals surface area contributed by atoms with E-state index in [1.807, 2.05) is 43.3 Å². The van der Waals surface area contributed by atoms with Crippen LogP contribution < -0.4 is 0 Å². The average molecular weight is 232 g/mol. The lowest BCUT2D eigenvalue weighted by molar-refractivity contribution is 0.0391. The molecule has 0 heterocycles. The van der Waals surface area contributed by atoms with Crippen LogP contribution in [0.5, 0.6) is 0 Å². The first-order chi connectivity index (χ1) is 8.29. The van der Waals surface area contributed by atoms with Crippen molar-refractivity contribution in [2.24, 2.45) is 0 Å². The smallest absolute Gasteiger partial charge is 0.191 e. The number of carbonyl (C=O) groups is 1. The van der Waals surface area contributed by atoms with Crippen LogP contribution in [0.2, 0.25) is 0 Å². The van der Waals surface area contributed by atoms with Gasteiger partial charge in [0.1, 0.15) is 6.10 Å². The molecule has 0 saturated heterocycles. The van der Waals surface area contributed by atoms with Crippen molar-refractivity contribution in [1.29, 1.82) is 0 Å². The zero-order chi connectivity index (χ0) is 12.5. The Morgan fingerprint density at radius 2 is 2.12 bits per heavy atom. The van der Waals surface area contributed by atoms with Crippen LogP contribution in [0.1, 0.15) is 36.5 Å². The number of unbranched alkanes of at least 4 members (excludes halogenated alkanes) is 1. The summed E-state index contributed by atoms with van der Waals surface area (Å²) in [5, 5.41) is 0. The van der Waals surface area contributed by atoms with Gasteiger partial charge in [0.15, 0.2) is 5.78 Å². The molecule has 2 heteroatoms. The van der Waals surface area contributed by atoms with E-state index in [0.29, 0.717) is 13.0 Å². The van der Waals surface area contributed by atoms with Gasteiger partial charge in [-0.25, -0.2) is 0 Å². The van der Waals surface area contributed by atoms with E-state index in [9.17, 15) is 4.79 Å². The zero-order valence-corrected chi connectivity index (χ0v) is 10.4. The molecule has 0 saturated carbocycles. The predicted octanol–water partition coefficient (Wildman–Crippen LogP) is 3.63. The Kier molecular flexibility index (Phi) is 6.26. The van der Waals surface area contributed by atoms with E-state index in [0.717, 1.165) is 18.4 Å². The largest absolute Gasteiger partial charge is 0.370 e. The fraction of sp³-hybridized carbons (Fsp3) is 0.400. The topological polar surface area (TPSA) is 26.3 Å². The minimum atomic E-state index is -0.317. The van der Waals surface area contributed by atoms with Crippen molar-refractivity contribution < 1.29 is 9.53 Å². The molecule has 0 fully saturated rings. The molecule has 17 heavy (non-hydrogen) atoms. The van der Waals surface area contributed by atoms with Gasteiger partial charge in [-0.05, 0) is 19.3 Å². The maximum atomic E-state index is 12.1. The Morgan fingerprint density at radius 1 is 1.41 bits per heavy atom. The number of hydrogen-bond acceptors (Lipinski definition) is 2. The Labute approximate surface area is 103 Å². The molecule has 0 aliphatic carbocycles. The lowest BCUT2D eigenvalue weighted by atomic mass is 10.0. The molecule has 0 aromatic heterocycles. The quantitative estimate of drug-likeness (QED) is 0.388. The third kappa shape index (κ3) is 4.53. The van der Waals surface area contributed by atoms with Crippen molar-refractivity contribution in [2.45, 2.75) is 32.3 Å². The zero-order valence-electron chi connectivity index (χ0n) is 10.4. The summed E-state index contributed by atoms with van der Waals surface area (Å²) >= 11 is 0. The molecule has 1 rings (SSSR count). The van der Waals surface area contributed by atoms with E-state index < -0.39 is 0 Å². The van der Waals surface area contributed by atoms with Crippen LogP contribution in [0.4, 0.5) is 0 Å². The van der Waals surface area contributed by atoms with E-state index in [-0.39, 0.29) is 11.9 Å². The molecule has 1 atom stereocenters. The van der Waals surface area contributed by atoms with E-state index >= 15 is 0 Å². The van der Waals surface area contributed by atoms with Gasteiger partial charge in [-0.2, -0.15) is 0 Å². The number of carbonyl (C=O) groups excluding carboxylic acids is 1. The van der Waals surface area contributed by atoms with E-state index in [1.165, 1.54) is 0 Å². The van der Waals surface area contributed by atoms with Crippen molar-refractivity contribution in [3.05, 3.63) is 48.6 Å². The summed E-state index contributed by atoms with van der Waals surface area (Å²) in [6.07, 6.45) is 4.10. The van der Waals surface area contributed by atoms with Gasteiger partial charge < -0.3 is 4.74 Å². The second-order valence-electron chi connectivity index (χ2n) is 3.93. The van der Waals surface area contributed by atoms with Crippen LogP contribution in [-0.4, -0.2) is 18.5 Å². The Balaban J connectivity index is 2.50. The second kappa shape index (κ2) is 7.80. The first kappa shape index (κ1) is 13.7. The highest BCUT2D eigenvalue weighted by Crippen LogP contribution is 2.10. The number of hydrogen-bond donors (Lipinski definition) is 0. The SMILES string of the molecule is C=CCCCOC(CC)C(=O)c1ccccc1. The van der Waals surface area contributed by atoms with Gasteiger partial charge in [0.25, 0.3) is 0 Å². The van der Waals surface area contributed by atoms with Crippen molar-refractivity contribution in [2.75, 3.05) is 6.61 Å². The maximum Gasteiger partial charge on any atom is 0.191 e. The van der Waals surface area contributed by atoms with Gasteiger partial charge in [-0.1, -0.05) is 43.3 Å². The van der Waals surface area contributed by atoms with Gasteiger partial charge in [0.05, 0.1) is 0 Å². The van der Waals surface area contributed by atoms with Gasteiger partial charge >= 0.3 is 0 Å². The van der Waals surface area contributed by atoms with Gasteiger partial charge in [0, 0.05) is 12.2 Å². The van der Waals surface area contributed by atoms with E-state index in [1.54, 1.807) is 0 Å². The first-order valence-corrected chi connectivity index (χ1v) is 6.11. The predicted molar refractivity (Wildman–Crippen MR) is 70.2 cm³/mol. The number of benzene rings is 1. The van der Waals surface area contributed by atoms with Crippen molar-refractivity contribution in [3.8, 4) is 0 Å². The highest BCUT2D eigenvalue weighted by Gasteiger charge is 2.18. The van der Waals surface area contributed by atoms with Crippen LogP contribution in [0, 0.1) is 0 Å². The molecule has 2 nitrogen and oxygen atoms in total. The standard InChI is InChI=1S/C15H20O2/c1-3-5-9-12-17-14(4-2)15(16)13-10-7-6-8-11-13/h3,6-8,10-11,14H,1,4-5,9,12H2,2H3. The average Bonchev–Trinajstić information content (AvgIpc) is 2.39. The molecule has 0 aliphatic heterocycles. The Hall–Kier alpha value is -1.41. The molecule has 92 valence electrons. The van der Waals surface area contributed by atoms with Crippen molar-refractivity contribution >= 4 is 5.78 Å². The summed E-state index contributed by atoms with van der Waals surface area (Å²) < 4.78 is 5.61. The molecule has 0 spiro atoms. The molecule has 1 unspecified atom stereocenters. The highest BCUT2D eigenvalue weighted by molar-refractivity contribution is 5.99. The second-order valence-corrected chi connectivity index (χ2v) is 3.93. The summed E-state index contributed by atoms with van der Waals surface area (Å²) in [5.41, 5.74) is 0.725. The molecule has 0 aliphatic rings.